The van der Waals surface area contributed by atoms with Crippen molar-refractivity contribution in [2.45, 2.75) is 6.04 Å². The molecule has 4 heteroatoms. The van der Waals surface area contributed by atoms with Gasteiger partial charge in [0.25, 0.3) is 0 Å². The van der Waals surface area contributed by atoms with Crippen LogP contribution in [0.25, 0.3) is 0 Å². The van der Waals surface area contributed by atoms with Crippen LogP contribution in [-0.4, -0.2) is 39.1 Å². The first-order valence-electron chi connectivity index (χ1n) is 5.08. The molecule has 0 aliphatic heterocycles. The summed E-state index contributed by atoms with van der Waals surface area (Å²) in [7, 11) is 7.28. The van der Waals surface area contributed by atoms with E-state index in [0.29, 0.717) is 5.88 Å². The van der Waals surface area contributed by atoms with E-state index < -0.39 is 0 Å². The van der Waals surface area contributed by atoms with Crippen molar-refractivity contribution in [3.05, 3.63) is 23.8 Å². The van der Waals surface area contributed by atoms with Gasteiger partial charge in [0.15, 0.2) is 0 Å². The lowest BCUT2D eigenvalue weighted by Gasteiger charge is -2.24. The molecule has 0 saturated heterocycles. The Morgan fingerprint density at radius 3 is 2.38 bits per heavy atom. The van der Waals surface area contributed by atoms with Gasteiger partial charge in [-0.1, -0.05) is 6.07 Å². The minimum Gasteiger partial charge on any atom is -0.497 e. The molecule has 0 aliphatic carbocycles. The molecule has 3 nitrogen and oxygen atoms in total. The molecule has 0 N–H and O–H groups in total. The maximum absolute atomic E-state index is 5.97. The minimum absolute atomic E-state index is 0.141. The highest BCUT2D eigenvalue weighted by Gasteiger charge is 2.17. The van der Waals surface area contributed by atoms with Gasteiger partial charge in [-0.2, -0.15) is 0 Å². The zero-order valence-corrected chi connectivity index (χ0v) is 10.9. The zero-order valence-electron chi connectivity index (χ0n) is 10.2. The van der Waals surface area contributed by atoms with Gasteiger partial charge in [0.05, 0.1) is 20.3 Å². The maximum atomic E-state index is 5.97. The molecule has 0 aliphatic rings. The van der Waals surface area contributed by atoms with Crippen molar-refractivity contribution in [1.29, 1.82) is 0 Å². The van der Waals surface area contributed by atoms with Crippen LogP contribution in [0, 0.1) is 0 Å². The summed E-state index contributed by atoms with van der Waals surface area (Å²) in [4.78, 5) is 2.07. The monoisotopic (exact) mass is 243 g/mol. The molecule has 90 valence electrons. The third-order valence-electron chi connectivity index (χ3n) is 2.57. The van der Waals surface area contributed by atoms with Crippen LogP contribution in [0.5, 0.6) is 11.5 Å². The molecule has 16 heavy (non-hydrogen) atoms. The van der Waals surface area contributed by atoms with Crippen LogP contribution in [-0.2, 0) is 0 Å². The first-order chi connectivity index (χ1) is 7.63. The molecular weight excluding hydrogens is 226 g/mol. The van der Waals surface area contributed by atoms with E-state index in [1.807, 2.05) is 32.3 Å². The van der Waals surface area contributed by atoms with Crippen molar-refractivity contribution < 1.29 is 9.47 Å². The Morgan fingerprint density at radius 2 is 1.94 bits per heavy atom. The number of hydrogen-bond acceptors (Lipinski definition) is 3. The second kappa shape index (κ2) is 5.97. The molecule has 1 unspecified atom stereocenters. The Hall–Kier alpha value is -0.930. The molecular formula is C12H18ClNO2. The molecule has 0 spiro atoms. The van der Waals surface area contributed by atoms with Gasteiger partial charge in [-0.05, 0) is 20.2 Å². The van der Waals surface area contributed by atoms with Crippen molar-refractivity contribution >= 4 is 11.6 Å². The summed E-state index contributed by atoms with van der Waals surface area (Å²) in [6.07, 6.45) is 0. The van der Waals surface area contributed by atoms with Crippen LogP contribution in [0.15, 0.2) is 18.2 Å². The number of methoxy groups -OCH3 is 2. The standard InChI is InChI=1S/C12H18ClNO2/c1-14(2)11(8-13)10-6-5-9(15-3)7-12(10)16-4/h5-7,11H,8H2,1-4H3. The Balaban J connectivity index is 3.11. The molecule has 1 atom stereocenters. The zero-order chi connectivity index (χ0) is 12.1. The fourth-order valence-corrected chi connectivity index (χ4v) is 2.04. The van der Waals surface area contributed by atoms with E-state index in [2.05, 4.69) is 4.90 Å². The lowest BCUT2D eigenvalue weighted by Crippen LogP contribution is -2.21. The fourth-order valence-electron chi connectivity index (χ4n) is 1.59. The summed E-state index contributed by atoms with van der Waals surface area (Å²) in [6.45, 7) is 0. The third-order valence-corrected chi connectivity index (χ3v) is 2.86. The van der Waals surface area contributed by atoms with E-state index in [0.717, 1.165) is 17.1 Å². The van der Waals surface area contributed by atoms with Crippen LogP contribution < -0.4 is 9.47 Å². The van der Waals surface area contributed by atoms with Crippen LogP contribution >= 0.6 is 11.6 Å². The van der Waals surface area contributed by atoms with Crippen molar-refractivity contribution in [3.8, 4) is 11.5 Å². The molecule has 1 rings (SSSR count). The molecule has 0 heterocycles. The van der Waals surface area contributed by atoms with Crippen molar-refractivity contribution in [2.75, 3.05) is 34.2 Å². The smallest absolute Gasteiger partial charge is 0.127 e. The normalized spacial score (nSPS) is 12.6. The molecule has 0 saturated carbocycles. The van der Waals surface area contributed by atoms with Crippen molar-refractivity contribution in [2.24, 2.45) is 0 Å². The SMILES string of the molecule is COc1ccc(C(CCl)N(C)C)c(OC)c1. The van der Waals surface area contributed by atoms with Gasteiger partial charge >= 0.3 is 0 Å². The first kappa shape index (κ1) is 13.1. The second-order valence-electron chi connectivity index (χ2n) is 3.74. The predicted molar refractivity (Wildman–Crippen MR) is 66.7 cm³/mol. The molecule has 0 radical (unpaired) electrons. The lowest BCUT2D eigenvalue weighted by molar-refractivity contribution is 0.310. The van der Waals surface area contributed by atoms with Gasteiger partial charge in [-0.25, -0.2) is 0 Å². The first-order valence-corrected chi connectivity index (χ1v) is 5.61. The number of benzene rings is 1. The molecule has 1 aromatic rings. The number of ether oxygens (including phenoxy) is 2. The minimum atomic E-state index is 0.141. The van der Waals surface area contributed by atoms with E-state index >= 15 is 0 Å². The Morgan fingerprint density at radius 1 is 1.25 bits per heavy atom. The van der Waals surface area contributed by atoms with E-state index in [1.165, 1.54) is 0 Å². The molecule has 0 amide bonds. The van der Waals surface area contributed by atoms with Crippen LogP contribution in [0.4, 0.5) is 0 Å². The largest absolute Gasteiger partial charge is 0.497 e. The second-order valence-corrected chi connectivity index (χ2v) is 4.05. The van der Waals surface area contributed by atoms with Crippen molar-refractivity contribution in [1.82, 2.24) is 4.90 Å². The number of alkyl halides is 1. The van der Waals surface area contributed by atoms with E-state index in [4.69, 9.17) is 21.1 Å². The van der Waals surface area contributed by atoms with Gasteiger partial charge in [-0.3, -0.25) is 0 Å². The third kappa shape index (κ3) is 2.80. The van der Waals surface area contributed by atoms with Crippen molar-refractivity contribution in [3.63, 3.8) is 0 Å². The summed E-state index contributed by atoms with van der Waals surface area (Å²) < 4.78 is 10.5. The van der Waals surface area contributed by atoms with Gasteiger partial charge in [0.2, 0.25) is 0 Å². The molecule has 0 aromatic heterocycles. The topological polar surface area (TPSA) is 21.7 Å². The lowest BCUT2D eigenvalue weighted by atomic mass is 10.1. The molecule has 1 aromatic carbocycles. The summed E-state index contributed by atoms with van der Waals surface area (Å²) in [5, 5.41) is 0. The highest BCUT2D eigenvalue weighted by molar-refractivity contribution is 6.18. The highest BCUT2D eigenvalue weighted by atomic mass is 35.5. The molecule has 0 bridgehead atoms. The summed E-state index contributed by atoms with van der Waals surface area (Å²) in [6, 6.07) is 5.92. The van der Waals surface area contributed by atoms with Gasteiger partial charge < -0.3 is 14.4 Å². The Bertz CT molecular complexity index is 342. The Labute approximate surface area is 102 Å². The average molecular weight is 244 g/mol. The summed E-state index contributed by atoms with van der Waals surface area (Å²) in [5.74, 6) is 2.11. The van der Waals surface area contributed by atoms with Gasteiger partial charge in [0, 0.05) is 17.5 Å². The Kier molecular flexibility index (Phi) is 4.90. The average Bonchev–Trinajstić information content (AvgIpc) is 2.29. The quantitative estimate of drug-likeness (QED) is 0.742. The van der Waals surface area contributed by atoms with Crippen LogP contribution in [0.3, 0.4) is 0 Å². The van der Waals surface area contributed by atoms with E-state index in [9.17, 15) is 0 Å². The number of halogens is 1. The highest BCUT2D eigenvalue weighted by Crippen LogP contribution is 2.32. The maximum Gasteiger partial charge on any atom is 0.127 e. The summed E-state index contributed by atoms with van der Waals surface area (Å²) >= 11 is 5.97. The fraction of sp³-hybridized carbons (Fsp3) is 0.500. The number of rotatable bonds is 5. The number of nitrogens with zero attached hydrogens (tertiary/aromatic N) is 1. The number of hydrogen-bond donors (Lipinski definition) is 0. The van der Waals surface area contributed by atoms with Crippen LogP contribution in [0.2, 0.25) is 0 Å². The van der Waals surface area contributed by atoms with E-state index in [1.54, 1.807) is 14.2 Å². The van der Waals surface area contributed by atoms with Gasteiger partial charge in [0.1, 0.15) is 11.5 Å². The van der Waals surface area contributed by atoms with Crippen LogP contribution in [0.1, 0.15) is 11.6 Å². The summed E-state index contributed by atoms with van der Waals surface area (Å²) in [5.41, 5.74) is 1.07. The van der Waals surface area contributed by atoms with E-state index in [-0.39, 0.29) is 6.04 Å². The van der Waals surface area contributed by atoms with Gasteiger partial charge in [-0.15, -0.1) is 11.6 Å². The predicted octanol–water partition coefficient (Wildman–Crippen LogP) is 2.55. The molecule has 0 fully saturated rings.